The van der Waals surface area contributed by atoms with Gasteiger partial charge in [-0.3, -0.25) is 19.2 Å². The molecular weight excluding hydrogens is 368 g/mol. The third kappa shape index (κ3) is 6.51. The quantitative estimate of drug-likeness (QED) is 0.705. The summed E-state index contributed by atoms with van der Waals surface area (Å²) in [4.78, 5) is 28.3. The topological polar surface area (TPSA) is 98.8 Å². The molecule has 0 bridgehead atoms. The van der Waals surface area contributed by atoms with E-state index in [-0.39, 0.29) is 11.8 Å². The monoisotopic (exact) mass is 396 g/mol. The molecule has 0 spiro atoms. The Morgan fingerprint density at radius 3 is 2.41 bits per heavy atom. The lowest BCUT2D eigenvalue weighted by Crippen LogP contribution is -2.51. The van der Waals surface area contributed by atoms with E-state index in [1.54, 1.807) is 30.0 Å². The second kappa shape index (κ2) is 9.18. The number of sulfonamides is 1. The first-order valence-electron chi connectivity index (χ1n) is 9.06. The minimum atomic E-state index is -3.41. The van der Waals surface area contributed by atoms with Crippen LogP contribution in [0.1, 0.15) is 29.3 Å². The van der Waals surface area contributed by atoms with Crippen molar-refractivity contribution in [2.75, 3.05) is 50.2 Å². The predicted octanol–water partition coefficient (Wildman–Crippen LogP) is 0.651. The van der Waals surface area contributed by atoms with E-state index in [0.717, 1.165) is 18.2 Å². The second-order valence-electron chi connectivity index (χ2n) is 6.82. The van der Waals surface area contributed by atoms with Gasteiger partial charge in [-0.2, -0.15) is 0 Å². The molecule has 1 aliphatic heterocycles. The van der Waals surface area contributed by atoms with E-state index in [9.17, 15) is 18.0 Å². The van der Waals surface area contributed by atoms with Crippen molar-refractivity contribution in [3.8, 4) is 0 Å². The van der Waals surface area contributed by atoms with Crippen LogP contribution < -0.4 is 10.0 Å². The van der Waals surface area contributed by atoms with Crippen LogP contribution in [0.4, 0.5) is 5.69 Å². The molecule has 1 saturated heterocycles. The summed E-state index contributed by atoms with van der Waals surface area (Å²) in [5, 5.41) is 2.85. The number of rotatable bonds is 7. The molecule has 2 rings (SSSR count). The molecule has 1 aliphatic rings. The van der Waals surface area contributed by atoms with Crippen molar-refractivity contribution in [1.82, 2.24) is 15.1 Å². The number of amides is 2. The summed E-state index contributed by atoms with van der Waals surface area (Å²) in [5.74, 6) is -0.131. The van der Waals surface area contributed by atoms with Crippen LogP contribution in [0.25, 0.3) is 0 Å². The van der Waals surface area contributed by atoms with Crippen LogP contribution in [0.5, 0.6) is 0 Å². The molecule has 2 amide bonds. The molecule has 9 heteroatoms. The fourth-order valence-electron chi connectivity index (χ4n) is 2.88. The Labute approximate surface area is 161 Å². The van der Waals surface area contributed by atoms with E-state index in [1.807, 2.05) is 11.8 Å². The smallest absolute Gasteiger partial charge is 0.254 e. The fraction of sp³-hybridized carbons (Fsp3) is 0.556. The molecule has 8 nitrogen and oxygen atoms in total. The van der Waals surface area contributed by atoms with E-state index in [1.165, 1.54) is 0 Å². The van der Waals surface area contributed by atoms with Gasteiger partial charge in [-0.05, 0) is 31.0 Å². The van der Waals surface area contributed by atoms with Crippen LogP contribution in [-0.4, -0.2) is 75.6 Å². The summed E-state index contributed by atoms with van der Waals surface area (Å²) in [6.07, 6.45) is 1.98. The second-order valence-corrected chi connectivity index (χ2v) is 8.57. The first kappa shape index (κ1) is 21.2. The average molecular weight is 397 g/mol. The lowest BCUT2D eigenvalue weighted by molar-refractivity contribution is -0.122. The van der Waals surface area contributed by atoms with Gasteiger partial charge in [-0.15, -0.1) is 0 Å². The average Bonchev–Trinajstić information content (AvgIpc) is 2.61. The van der Waals surface area contributed by atoms with Gasteiger partial charge in [0.1, 0.15) is 0 Å². The number of nitrogens with zero attached hydrogens (tertiary/aromatic N) is 2. The molecule has 0 atom stereocenters. The van der Waals surface area contributed by atoms with Gasteiger partial charge >= 0.3 is 0 Å². The number of carbonyl (C=O) groups is 2. The van der Waals surface area contributed by atoms with Gasteiger partial charge in [-0.25, -0.2) is 8.42 Å². The van der Waals surface area contributed by atoms with Gasteiger partial charge in [0.25, 0.3) is 5.91 Å². The van der Waals surface area contributed by atoms with E-state index in [4.69, 9.17) is 0 Å². The summed E-state index contributed by atoms with van der Waals surface area (Å²) in [6, 6.07) is 5.01. The molecular formula is C18H28N4O4S. The summed E-state index contributed by atoms with van der Waals surface area (Å²) < 4.78 is 25.4. The number of nitrogens with one attached hydrogen (secondary N) is 2. The minimum absolute atomic E-state index is 0.00616. The molecule has 1 heterocycles. The Hall–Kier alpha value is -2.13. The lowest BCUT2D eigenvalue weighted by atomic mass is 10.1. The Bertz CT molecular complexity index is 787. The highest BCUT2D eigenvalue weighted by Crippen LogP contribution is 2.19. The number of benzene rings is 1. The van der Waals surface area contributed by atoms with E-state index < -0.39 is 10.0 Å². The van der Waals surface area contributed by atoms with Crippen LogP contribution >= 0.6 is 0 Å². The third-order valence-electron chi connectivity index (χ3n) is 4.38. The maximum Gasteiger partial charge on any atom is 0.254 e. The van der Waals surface area contributed by atoms with Crippen molar-refractivity contribution in [2.45, 2.75) is 20.3 Å². The normalized spacial score (nSPS) is 15.4. The number of carbonyl (C=O) groups excluding carboxylic acids is 2. The van der Waals surface area contributed by atoms with Gasteiger partial charge < -0.3 is 10.2 Å². The summed E-state index contributed by atoms with van der Waals surface area (Å²) in [6.45, 7) is 7.13. The van der Waals surface area contributed by atoms with Gasteiger partial charge in [0, 0.05) is 38.3 Å². The largest absolute Gasteiger partial charge is 0.355 e. The van der Waals surface area contributed by atoms with Crippen molar-refractivity contribution < 1.29 is 18.0 Å². The first-order chi connectivity index (χ1) is 12.7. The standard InChI is InChI=1S/C18H28N4O4S/c1-4-7-19-17(23)13-21-8-10-22(11-9-21)18(24)15-6-5-14(2)16(12-15)20-27(3,25)26/h5-6,12,20H,4,7-11,13H2,1-3H3,(H,19,23). The molecule has 1 fully saturated rings. The number of piperazine rings is 1. The van der Waals surface area contributed by atoms with Crippen molar-refractivity contribution in [2.24, 2.45) is 0 Å². The van der Waals surface area contributed by atoms with Crippen LogP contribution in [0.15, 0.2) is 18.2 Å². The molecule has 150 valence electrons. The molecule has 27 heavy (non-hydrogen) atoms. The highest BCUT2D eigenvalue weighted by molar-refractivity contribution is 7.92. The van der Waals surface area contributed by atoms with Crippen molar-refractivity contribution in [3.05, 3.63) is 29.3 Å². The number of hydrogen-bond acceptors (Lipinski definition) is 5. The zero-order valence-electron chi connectivity index (χ0n) is 16.1. The Morgan fingerprint density at radius 2 is 1.81 bits per heavy atom. The molecule has 0 aliphatic carbocycles. The summed E-state index contributed by atoms with van der Waals surface area (Å²) >= 11 is 0. The minimum Gasteiger partial charge on any atom is -0.355 e. The molecule has 0 radical (unpaired) electrons. The maximum atomic E-state index is 12.7. The Morgan fingerprint density at radius 1 is 1.15 bits per heavy atom. The number of aryl methyl sites for hydroxylation is 1. The summed E-state index contributed by atoms with van der Waals surface area (Å²) in [7, 11) is -3.41. The van der Waals surface area contributed by atoms with Gasteiger partial charge in [0.15, 0.2) is 0 Å². The number of anilines is 1. The maximum absolute atomic E-state index is 12.7. The number of hydrogen-bond donors (Lipinski definition) is 2. The van der Waals surface area contributed by atoms with E-state index >= 15 is 0 Å². The molecule has 0 aromatic heterocycles. The van der Waals surface area contributed by atoms with Crippen molar-refractivity contribution in [1.29, 1.82) is 0 Å². The van der Waals surface area contributed by atoms with Crippen LogP contribution in [0, 0.1) is 6.92 Å². The van der Waals surface area contributed by atoms with E-state index in [2.05, 4.69) is 10.0 Å². The van der Waals surface area contributed by atoms with Crippen LogP contribution in [0.2, 0.25) is 0 Å². The van der Waals surface area contributed by atoms with Gasteiger partial charge in [0.2, 0.25) is 15.9 Å². The highest BCUT2D eigenvalue weighted by atomic mass is 32.2. The molecule has 2 N–H and O–H groups in total. The zero-order chi connectivity index (χ0) is 20.0. The Kier molecular flexibility index (Phi) is 7.20. The highest BCUT2D eigenvalue weighted by Gasteiger charge is 2.23. The van der Waals surface area contributed by atoms with Gasteiger partial charge in [-0.1, -0.05) is 13.0 Å². The van der Waals surface area contributed by atoms with Crippen LogP contribution in [-0.2, 0) is 14.8 Å². The molecule has 0 unspecified atom stereocenters. The van der Waals surface area contributed by atoms with Crippen LogP contribution in [0.3, 0.4) is 0 Å². The Balaban J connectivity index is 1.96. The molecule has 1 aromatic carbocycles. The SMILES string of the molecule is CCCNC(=O)CN1CCN(C(=O)c2ccc(C)c(NS(C)(=O)=O)c2)CC1. The molecule has 1 aromatic rings. The first-order valence-corrected chi connectivity index (χ1v) is 11.0. The van der Waals surface area contributed by atoms with E-state index in [0.29, 0.717) is 50.5 Å². The third-order valence-corrected chi connectivity index (χ3v) is 4.97. The van der Waals surface area contributed by atoms with Crippen molar-refractivity contribution in [3.63, 3.8) is 0 Å². The zero-order valence-corrected chi connectivity index (χ0v) is 16.9. The molecule has 0 saturated carbocycles. The summed E-state index contributed by atoms with van der Waals surface area (Å²) in [5.41, 5.74) is 1.61. The lowest BCUT2D eigenvalue weighted by Gasteiger charge is -2.34. The fourth-order valence-corrected chi connectivity index (χ4v) is 3.50. The predicted molar refractivity (Wildman–Crippen MR) is 105 cm³/mol. The van der Waals surface area contributed by atoms with Crippen molar-refractivity contribution >= 4 is 27.5 Å². The van der Waals surface area contributed by atoms with Gasteiger partial charge in [0.05, 0.1) is 18.5 Å².